The first-order chi connectivity index (χ1) is 9.49. The van der Waals surface area contributed by atoms with Gasteiger partial charge in [0.15, 0.2) is 0 Å². The number of rotatable bonds is 4. The minimum Gasteiger partial charge on any atom is -0.493 e. The number of benzene rings is 1. The molecule has 0 saturated heterocycles. The van der Waals surface area contributed by atoms with Gasteiger partial charge >= 0.3 is 0 Å². The van der Waals surface area contributed by atoms with Gasteiger partial charge in [-0.05, 0) is 30.9 Å². The molecule has 1 N–H and O–H groups in total. The number of nitrogens with one attached hydrogen (secondary N) is 1. The van der Waals surface area contributed by atoms with E-state index in [-0.39, 0.29) is 17.6 Å². The Labute approximate surface area is 122 Å². The monoisotopic (exact) mass is 277 g/mol. The summed E-state index contributed by atoms with van der Waals surface area (Å²) >= 11 is 0. The third-order valence-corrected chi connectivity index (χ3v) is 4.02. The molecule has 1 aromatic carbocycles. The fourth-order valence-electron chi connectivity index (χ4n) is 3.12. The highest BCUT2D eigenvalue weighted by atomic mass is 16.5. The number of likely N-dealkylation sites (N-methyl/N-ethyl adjacent to an activating group) is 1. The molecule has 0 amide bonds. The maximum atomic E-state index is 5.95. The summed E-state index contributed by atoms with van der Waals surface area (Å²) in [6, 6.07) is 6.59. The zero-order chi connectivity index (χ0) is 14.8. The Kier molecular flexibility index (Phi) is 4.71. The van der Waals surface area contributed by atoms with Gasteiger partial charge < -0.3 is 14.8 Å². The molecule has 2 atom stereocenters. The number of ether oxygens (including phenoxy) is 2. The molecule has 2 unspecified atom stereocenters. The second-order valence-electron chi connectivity index (χ2n) is 6.58. The smallest absolute Gasteiger partial charge is 0.127 e. The summed E-state index contributed by atoms with van der Waals surface area (Å²) in [5.74, 6) is 1.06. The predicted molar refractivity (Wildman–Crippen MR) is 82.3 cm³/mol. The van der Waals surface area contributed by atoms with Gasteiger partial charge in [0.05, 0.1) is 18.8 Å². The predicted octanol–water partition coefficient (Wildman–Crippen LogP) is 3.33. The van der Waals surface area contributed by atoms with Crippen molar-refractivity contribution in [3.63, 3.8) is 0 Å². The highest BCUT2D eigenvalue weighted by molar-refractivity contribution is 5.45. The van der Waals surface area contributed by atoms with Crippen LogP contribution in [0.5, 0.6) is 5.75 Å². The Morgan fingerprint density at radius 1 is 1.30 bits per heavy atom. The van der Waals surface area contributed by atoms with E-state index in [0.29, 0.717) is 0 Å². The van der Waals surface area contributed by atoms with Crippen molar-refractivity contribution in [2.24, 2.45) is 5.41 Å². The molecule has 0 spiro atoms. The lowest BCUT2D eigenvalue weighted by atomic mass is 9.81. The van der Waals surface area contributed by atoms with Gasteiger partial charge in [0.1, 0.15) is 5.75 Å². The third kappa shape index (κ3) is 2.99. The van der Waals surface area contributed by atoms with Crippen LogP contribution in [-0.2, 0) is 11.2 Å². The van der Waals surface area contributed by atoms with Crippen LogP contribution in [0.2, 0.25) is 0 Å². The van der Waals surface area contributed by atoms with Gasteiger partial charge in [-0.2, -0.15) is 0 Å². The zero-order valence-electron chi connectivity index (χ0n) is 13.3. The van der Waals surface area contributed by atoms with Gasteiger partial charge in [-0.25, -0.2) is 0 Å². The Morgan fingerprint density at radius 2 is 2.05 bits per heavy atom. The average Bonchev–Trinajstić information content (AvgIpc) is 2.42. The largest absolute Gasteiger partial charge is 0.493 e. The van der Waals surface area contributed by atoms with E-state index in [1.165, 1.54) is 11.1 Å². The topological polar surface area (TPSA) is 30.5 Å². The van der Waals surface area contributed by atoms with Gasteiger partial charge in [-0.15, -0.1) is 0 Å². The molecule has 112 valence electrons. The van der Waals surface area contributed by atoms with Crippen molar-refractivity contribution >= 4 is 0 Å². The molecule has 0 bridgehead atoms. The molecule has 2 rings (SSSR count). The van der Waals surface area contributed by atoms with Gasteiger partial charge in [0.2, 0.25) is 0 Å². The Morgan fingerprint density at radius 3 is 2.65 bits per heavy atom. The van der Waals surface area contributed by atoms with Crippen LogP contribution in [0.15, 0.2) is 18.2 Å². The molecule has 0 radical (unpaired) electrons. The van der Waals surface area contributed by atoms with Crippen LogP contribution in [0, 0.1) is 5.41 Å². The fraction of sp³-hybridized carbons (Fsp3) is 0.647. The number of methoxy groups -OCH3 is 1. The van der Waals surface area contributed by atoms with Gasteiger partial charge in [-0.3, -0.25) is 0 Å². The third-order valence-electron chi connectivity index (χ3n) is 4.02. The van der Waals surface area contributed by atoms with Crippen molar-refractivity contribution in [3.05, 3.63) is 29.3 Å². The Hall–Kier alpha value is -1.06. The van der Waals surface area contributed by atoms with Crippen LogP contribution in [0.4, 0.5) is 0 Å². The first-order valence-electron chi connectivity index (χ1n) is 7.43. The lowest BCUT2D eigenvalue weighted by Gasteiger charge is -2.37. The quantitative estimate of drug-likeness (QED) is 0.915. The number of hydrogen-bond donors (Lipinski definition) is 1. The van der Waals surface area contributed by atoms with Gasteiger partial charge in [-0.1, -0.05) is 39.0 Å². The number of aryl methyl sites for hydroxylation is 1. The fourth-order valence-corrected chi connectivity index (χ4v) is 3.12. The zero-order valence-corrected chi connectivity index (χ0v) is 13.3. The van der Waals surface area contributed by atoms with Crippen molar-refractivity contribution in [1.82, 2.24) is 5.32 Å². The molecule has 3 heteroatoms. The lowest BCUT2D eigenvalue weighted by molar-refractivity contribution is -0.0108. The Balaban J connectivity index is 2.41. The van der Waals surface area contributed by atoms with Crippen LogP contribution >= 0.6 is 0 Å². The molecular weight excluding hydrogens is 250 g/mol. The summed E-state index contributed by atoms with van der Waals surface area (Å²) in [5, 5.41) is 3.42. The minimum absolute atomic E-state index is 0.0554. The van der Waals surface area contributed by atoms with E-state index in [1.54, 1.807) is 7.11 Å². The number of fused-ring (bicyclic) bond motifs is 1. The van der Waals surface area contributed by atoms with Gasteiger partial charge in [0, 0.05) is 12.7 Å². The molecule has 1 aliphatic rings. The normalized spacial score (nSPS) is 18.1. The molecule has 0 aliphatic carbocycles. The van der Waals surface area contributed by atoms with Gasteiger partial charge in [0.25, 0.3) is 0 Å². The summed E-state index contributed by atoms with van der Waals surface area (Å²) in [5.41, 5.74) is 2.59. The molecule has 3 nitrogen and oxygen atoms in total. The van der Waals surface area contributed by atoms with E-state index in [0.717, 1.165) is 25.2 Å². The summed E-state index contributed by atoms with van der Waals surface area (Å²) < 4.78 is 11.7. The SMILES string of the molecule is CNC(c1cccc2c1OCCC2)C(OC)C(C)(C)C. The molecule has 0 saturated carbocycles. The standard InChI is InChI=1S/C17H27NO2/c1-17(2,3)16(19-5)14(18-4)13-10-6-8-12-9-7-11-20-15(12)13/h6,8,10,14,16,18H,7,9,11H2,1-5H3. The van der Waals surface area contributed by atoms with E-state index in [4.69, 9.17) is 9.47 Å². The van der Waals surface area contributed by atoms with E-state index in [2.05, 4.69) is 44.3 Å². The summed E-state index contributed by atoms with van der Waals surface area (Å²) in [4.78, 5) is 0. The van der Waals surface area contributed by atoms with E-state index in [1.807, 2.05) is 7.05 Å². The van der Waals surface area contributed by atoms with E-state index in [9.17, 15) is 0 Å². The second-order valence-corrected chi connectivity index (χ2v) is 6.58. The molecule has 20 heavy (non-hydrogen) atoms. The maximum Gasteiger partial charge on any atom is 0.127 e. The molecule has 0 fully saturated rings. The summed E-state index contributed by atoms with van der Waals surface area (Å²) in [6.45, 7) is 7.44. The van der Waals surface area contributed by atoms with Crippen LogP contribution in [0.3, 0.4) is 0 Å². The minimum atomic E-state index is 0.0554. The Bertz CT molecular complexity index is 451. The molecule has 0 aromatic heterocycles. The molecular formula is C17H27NO2. The molecule has 1 aliphatic heterocycles. The average molecular weight is 277 g/mol. The van der Waals surface area contributed by atoms with Crippen molar-refractivity contribution in [2.75, 3.05) is 20.8 Å². The number of hydrogen-bond acceptors (Lipinski definition) is 3. The highest BCUT2D eigenvalue weighted by Gasteiger charge is 2.34. The van der Waals surface area contributed by atoms with Crippen LogP contribution in [-0.4, -0.2) is 26.9 Å². The molecule has 1 aromatic rings. The summed E-state index contributed by atoms with van der Waals surface area (Å²) in [7, 11) is 3.78. The van der Waals surface area contributed by atoms with E-state index < -0.39 is 0 Å². The van der Waals surface area contributed by atoms with Crippen molar-refractivity contribution in [3.8, 4) is 5.75 Å². The van der Waals surface area contributed by atoms with E-state index >= 15 is 0 Å². The number of para-hydroxylation sites is 1. The first-order valence-corrected chi connectivity index (χ1v) is 7.43. The van der Waals surface area contributed by atoms with Crippen LogP contribution in [0.25, 0.3) is 0 Å². The van der Waals surface area contributed by atoms with Crippen LogP contribution < -0.4 is 10.1 Å². The second kappa shape index (κ2) is 6.15. The van der Waals surface area contributed by atoms with Crippen molar-refractivity contribution in [2.45, 2.75) is 45.8 Å². The van der Waals surface area contributed by atoms with Crippen LogP contribution in [0.1, 0.15) is 44.4 Å². The first kappa shape index (κ1) is 15.3. The maximum absolute atomic E-state index is 5.95. The van der Waals surface area contributed by atoms with Crippen molar-refractivity contribution in [1.29, 1.82) is 0 Å². The summed E-state index contributed by atoms with van der Waals surface area (Å²) in [6.07, 6.45) is 2.30. The van der Waals surface area contributed by atoms with Crippen molar-refractivity contribution < 1.29 is 9.47 Å². The molecule has 1 heterocycles. The lowest BCUT2D eigenvalue weighted by Crippen LogP contribution is -2.40. The highest BCUT2D eigenvalue weighted by Crippen LogP contribution is 2.39.